The number of thiocarbonyl (C=S) groups is 1. The van der Waals surface area contributed by atoms with Crippen molar-refractivity contribution >= 4 is 40.6 Å². The fourth-order valence-corrected chi connectivity index (χ4v) is 5.82. The van der Waals surface area contributed by atoms with Gasteiger partial charge in [-0.3, -0.25) is 4.98 Å². The molecule has 0 aliphatic carbocycles. The second-order valence-electron chi connectivity index (χ2n) is 9.44. The first-order chi connectivity index (χ1) is 19.3. The highest BCUT2D eigenvalue weighted by atomic mass is 35.5. The minimum atomic E-state index is -0.983. The van der Waals surface area contributed by atoms with Crippen molar-refractivity contribution in [3.05, 3.63) is 106 Å². The van der Waals surface area contributed by atoms with Crippen LogP contribution in [0.4, 0.5) is 5.69 Å². The number of para-hydroxylation sites is 1. The van der Waals surface area contributed by atoms with Gasteiger partial charge in [-0.1, -0.05) is 29.8 Å². The highest BCUT2D eigenvalue weighted by Gasteiger charge is 2.42. The first-order valence-corrected chi connectivity index (χ1v) is 13.5. The average molecular weight is 577 g/mol. The molecule has 0 bridgehead atoms. The number of nitrogens with one attached hydrogen (secondary N) is 1. The SMILES string of the molecule is COCCOc1ccc(N2C(=S)N[C@H](c3ccccn3)[C@H]2c2cc(C)n(-c3ccccc3C(=O)O)c2C)cc1Cl. The largest absolute Gasteiger partial charge is 0.490 e. The summed E-state index contributed by atoms with van der Waals surface area (Å²) in [6.45, 7) is 4.80. The summed E-state index contributed by atoms with van der Waals surface area (Å²) in [5.74, 6) is -0.425. The first kappa shape index (κ1) is 27.6. The topological polar surface area (TPSA) is 88.9 Å². The van der Waals surface area contributed by atoms with Crippen LogP contribution in [0.15, 0.2) is 72.9 Å². The Hall–Kier alpha value is -3.92. The van der Waals surface area contributed by atoms with Gasteiger partial charge in [-0.15, -0.1) is 0 Å². The molecule has 0 unspecified atom stereocenters. The lowest BCUT2D eigenvalue weighted by atomic mass is 9.96. The van der Waals surface area contributed by atoms with Gasteiger partial charge in [0, 0.05) is 30.4 Å². The molecule has 4 aromatic rings. The standard InChI is InChI=1S/C30H29ClN4O4S/c1-18-16-22(19(2)34(18)25-10-5-4-8-21(25)29(36)37)28-27(24-9-6-7-13-32-24)33-30(40)35(28)20-11-12-26(23(31)17-20)39-15-14-38-3/h4-13,16-17,27-28H,14-15H2,1-3H3,(H,33,40)(H,36,37)/t27-,28-/m1/s1. The molecule has 1 aliphatic rings. The van der Waals surface area contributed by atoms with Crippen molar-refractivity contribution in [1.82, 2.24) is 14.9 Å². The van der Waals surface area contributed by atoms with Gasteiger partial charge < -0.3 is 29.4 Å². The number of hydrogen-bond acceptors (Lipinski definition) is 5. The molecule has 0 radical (unpaired) electrons. The van der Waals surface area contributed by atoms with Gasteiger partial charge in [0.05, 0.1) is 40.7 Å². The Kier molecular flexibility index (Phi) is 8.07. The number of pyridine rings is 1. The Labute approximate surface area is 243 Å². The molecule has 1 aliphatic heterocycles. The number of anilines is 1. The van der Waals surface area contributed by atoms with Gasteiger partial charge in [0.1, 0.15) is 12.4 Å². The van der Waals surface area contributed by atoms with Crippen molar-refractivity contribution < 1.29 is 19.4 Å². The Bertz CT molecular complexity index is 1560. The van der Waals surface area contributed by atoms with E-state index in [9.17, 15) is 9.90 Å². The smallest absolute Gasteiger partial charge is 0.337 e. The molecule has 10 heteroatoms. The van der Waals surface area contributed by atoms with Crippen molar-refractivity contribution in [3.63, 3.8) is 0 Å². The molecule has 0 spiro atoms. The summed E-state index contributed by atoms with van der Waals surface area (Å²) < 4.78 is 12.8. The molecular formula is C30H29ClN4O4S. The van der Waals surface area contributed by atoms with Crippen LogP contribution in [0.3, 0.4) is 0 Å². The second-order valence-corrected chi connectivity index (χ2v) is 10.2. The lowest BCUT2D eigenvalue weighted by Gasteiger charge is -2.28. The number of carboxylic acids is 1. The van der Waals surface area contributed by atoms with E-state index >= 15 is 0 Å². The summed E-state index contributed by atoms with van der Waals surface area (Å²) in [6.07, 6.45) is 1.76. The molecule has 1 fully saturated rings. The van der Waals surface area contributed by atoms with Crippen molar-refractivity contribution in [3.8, 4) is 11.4 Å². The van der Waals surface area contributed by atoms with Crippen LogP contribution in [0, 0.1) is 13.8 Å². The third-order valence-electron chi connectivity index (χ3n) is 7.00. The Balaban J connectivity index is 1.63. The predicted molar refractivity (Wildman–Crippen MR) is 159 cm³/mol. The lowest BCUT2D eigenvalue weighted by molar-refractivity contribution is 0.0697. The lowest BCUT2D eigenvalue weighted by Crippen LogP contribution is -2.29. The predicted octanol–water partition coefficient (Wildman–Crippen LogP) is 6.04. The zero-order valence-corrected chi connectivity index (χ0v) is 23.9. The van der Waals surface area contributed by atoms with Crippen LogP contribution >= 0.6 is 23.8 Å². The molecule has 206 valence electrons. The van der Waals surface area contributed by atoms with Crippen molar-refractivity contribution in [1.29, 1.82) is 0 Å². The molecule has 2 aromatic carbocycles. The zero-order valence-electron chi connectivity index (χ0n) is 22.3. The molecule has 0 saturated carbocycles. The minimum Gasteiger partial charge on any atom is -0.490 e. The minimum absolute atomic E-state index is 0.227. The van der Waals surface area contributed by atoms with E-state index in [-0.39, 0.29) is 17.6 Å². The van der Waals surface area contributed by atoms with Gasteiger partial charge in [-0.2, -0.15) is 0 Å². The molecule has 1 saturated heterocycles. The Morgan fingerprint density at radius 2 is 1.88 bits per heavy atom. The highest BCUT2D eigenvalue weighted by molar-refractivity contribution is 7.80. The van der Waals surface area contributed by atoms with Crippen molar-refractivity contribution in [2.24, 2.45) is 0 Å². The summed E-state index contributed by atoms with van der Waals surface area (Å²) in [5, 5.41) is 14.3. The molecule has 2 N–H and O–H groups in total. The van der Waals surface area contributed by atoms with E-state index in [0.717, 1.165) is 28.3 Å². The normalized spacial score (nSPS) is 16.7. The Morgan fingerprint density at radius 1 is 1.10 bits per heavy atom. The third kappa shape index (κ3) is 5.15. The number of carbonyl (C=O) groups is 1. The molecule has 40 heavy (non-hydrogen) atoms. The second kappa shape index (κ2) is 11.7. The monoisotopic (exact) mass is 576 g/mol. The number of rotatable bonds is 9. The summed E-state index contributed by atoms with van der Waals surface area (Å²) in [4.78, 5) is 18.7. The van der Waals surface area contributed by atoms with Crippen molar-refractivity contribution in [2.45, 2.75) is 25.9 Å². The number of hydrogen-bond donors (Lipinski definition) is 2. The van der Waals surface area contributed by atoms with Gasteiger partial charge in [-0.05, 0) is 80.2 Å². The number of ether oxygens (including phenoxy) is 2. The van der Waals surface area contributed by atoms with E-state index in [4.69, 9.17) is 33.3 Å². The Morgan fingerprint density at radius 3 is 2.58 bits per heavy atom. The van der Waals surface area contributed by atoms with E-state index in [2.05, 4.69) is 16.4 Å². The number of aromatic carboxylic acids is 1. The van der Waals surface area contributed by atoms with Crippen LogP contribution in [0.25, 0.3) is 5.69 Å². The zero-order chi connectivity index (χ0) is 28.4. The first-order valence-electron chi connectivity index (χ1n) is 12.7. The van der Waals surface area contributed by atoms with E-state index in [0.29, 0.717) is 34.8 Å². The molecule has 5 rings (SSSR count). The maximum Gasteiger partial charge on any atom is 0.337 e. The number of aromatic nitrogens is 2. The fourth-order valence-electron chi connectivity index (χ4n) is 5.25. The van der Waals surface area contributed by atoms with E-state index < -0.39 is 5.97 Å². The number of carboxylic acid groups (broad SMARTS) is 1. The number of aryl methyl sites for hydroxylation is 1. The molecule has 2 atom stereocenters. The van der Waals surface area contributed by atoms with Crippen LogP contribution in [-0.2, 0) is 4.74 Å². The third-order valence-corrected chi connectivity index (χ3v) is 7.61. The van der Waals surface area contributed by atoms with Crippen LogP contribution in [-0.4, -0.2) is 46.1 Å². The molecule has 3 heterocycles. The number of nitrogens with zero attached hydrogens (tertiary/aromatic N) is 3. The molecular weight excluding hydrogens is 548 g/mol. The number of halogens is 1. The van der Waals surface area contributed by atoms with Crippen LogP contribution in [0.2, 0.25) is 5.02 Å². The van der Waals surface area contributed by atoms with Gasteiger partial charge in [-0.25, -0.2) is 4.79 Å². The average Bonchev–Trinajstić information content (AvgIpc) is 3.44. The van der Waals surface area contributed by atoms with Crippen LogP contribution < -0.4 is 15.0 Å². The van der Waals surface area contributed by atoms with Crippen molar-refractivity contribution in [2.75, 3.05) is 25.2 Å². The number of benzene rings is 2. The molecule has 8 nitrogen and oxygen atoms in total. The van der Waals surface area contributed by atoms with Gasteiger partial charge in [0.15, 0.2) is 5.11 Å². The van der Waals surface area contributed by atoms with E-state index in [1.54, 1.807) is 25.4 Å². The molecule has 0 amide bonds. The fraction of sp³-hybridized carbons (Fsp3) is 0.233. The highest BCUT2D eigenvalue weighted by Crippen LogP contribution is 2.45. The van der Waals surface area contributed by atoms with Crippen LogP contribution in [0.5, 0.6) is 5.75 Å². The van der Waals surface area contributed by atoms with Gasteiger partial charge >= 0.3 is 5.97 Å². The van der Waals surface area contributed by atoms with Gasteiger partial charge in [0.25, 0.3) is 0 Å². The summed E-state index contributed by atoms with van der Waals surface area (Å²) >= 11 is 12.5. The number of methoxy groups -OCH3 is 1. The van der Waals surface area contributed by atoms with E-state index in [1.807, 2.05) is 71.8 Å². The van der Waals surface area contributed by atoms with E-state index in [1.165, 1.54) is 0 Å². The molecule has 2 aromatic heterocycles. The maximum atomic E-state index is 12.1. The van der Waals surface area contributed by atoms with Gasteiger partial charge in [0.2, 0.25) is 0 Å². The summed E-state index contributed by atoms with van der Waals surface area (Å²) in [5.41, 5.74) is 5.24. The maximum absolute atomic E-state index is 12.1. The quantitative estimate of drug-likeness (QED) is 0.184. The summed E-state index contributed by atoms with van der Waals surface area (Å²) in [6, 6.07) is 19.9. The van der Waals surface area contributed by atoms with Crippen LogP contribution in [0.1, 0.15) is 45.1 Å². The summed E-state index contributed by atoms with van der Waals surface area (Å²) in [7, 11) is 1.62.